The van der Waals surface area contributed by atoms with Gasteiger partial charge in [0.25, 0.3) is 0 Å². The number of nitrogens with two attached hydrogens (primary N) is 1. The summed E-state index contributed by atoms with van der Waals surface area (Å²) in [4.78, 5) is 11.7. The summed E-state index contributed by atoms with van der Waals surface area (Å²) in [6.45, 7) is 5.56. The maximum atomic E-state index is 11.7. The van der Waals surface area contributed by atoms with Crippen molar-refractivity contribution in [2.75, 3.05) is 0 Å². The second kappa shape index (κ2) is 6.05. The van der Waals surface area contributed by atoms with Gasteiger partial charge < -0.3 is 15.8 Å². The molecule has 1 rings (SSSR count). The minimum Gasteiger partial charge on any atom is -0.444 e. The molecule has 0 aromatic carbocycles. The number of carbonyl (C=O) groups excluding carboxylic acids is 1. The molecule has 0 spiro atoms. The summed E-state index contributed by atoms with van der Waals surface area (Å²) in [7, 11) is 0. The van der Waals surface area contributed by atoms with Crippen molar-refractivity contribution in [3.63, 3.8) is 0 Å². The van der Waals surface area contributed by atoms with Gasteiger partial charge in [-0.2, -0.15) is 0 Å². The first-order chi connectivity index (χ1) is 7.88. The van der Waals surface area contributed by atoms with Crippen LogP contribution in [0.15, 0.2) is 12.2 Å². The molecule has 1 amide bonds. The summed E-state index contributed by atoms with van der Waals surface area (Å²) >= 11 is 0. The van der Waals surface area contributed by atoms with Crippen molar-refractivity contribution in [2.24, 2.45) is 5.73 Å². The van der Waals surface area contributed by atoms with Gasteiger partial charge in [-0.05, 0) is 40.0 Å². The Hall–Kier alpha value is -1.03. The maximum absolute atomic E-state index is 11.7. The minimum atomic E-state index is -0.467. The van der Waals surface area contributed by atoms with Crippen LogP contribution in [0.1, 0.15) is 46.5 Å². The molecule has 2 atom stereocenters. The fourth-order valence-electron chi connectivity index (χ4n) is 1.83. The largest absolute Gasteiger partial charge is 0.444 e. The topological polar surface area (TPSA) is 64.3 Å². The van der Waals surface area contributed by atoms with E-state index < -0.39 is 5.60 Å². The van der Waals surface area contributed by atoms with Crippen LogP contribution in [0.5, 0.6) is 0 Å². The number of hydrogen-bond donors (Lipinski definition) is 2. The molecule has 0 fully saturated rings. The van der Waals surface area contributed by atoms with Crippen LogP contribution in [0.4, 0.5) is 4.79 Å². The molecule has 0 aliphatic heterocycles. The molecule has 0 bridgehead atoms. The van der Waals surface area contributed by atoms with Crippen LogP contribution in [0.3, 0.4) is 0 Å². The summed E-state index contributed by atoms with van der Waals surface area (Å²) in [5.41, 5.74) is 5.54. The van der Waals surface area contributed by atoms with Gasteiger partial charge >= 0.3 is 6.09 Å². The van der Waals surface area contributed by atoms with E-state index in [9.17, 15) is 4.79 Å². The number of carbonyl (C=O) groups is 1. The number of allylic oxidation sites excluding steroid dienone is 1. The van der Waals surface area contributed by atoms with Crippen molar-refractivity contribution in [3.8, 4) is 0 Å². The summed E-state index contributed by atoms with van der Waals surface area (Å²) in [6.07, 6.45) is 7.90. The molecular weight excluding hydrogens is 216 g/mol. The Morgan fingerprint density at radius 2 is 2.12 bits per heavy atom. The Labute approximate surface area is 104 Å². The number of alkyl carbamates (subject to hydrolysis) is 1. The number of hydrogen-bond acceptors (Lipinski definition) is 3. The smallest absolute Gasteiger partial charge is 0.407 e. The lowest BCUT2D eigenvalue weighted by molar-refractivity contribution is 0.0497. The summed E-state index contributed by atoms with van der Waals surface area (Å²) in [5.74, 6) is 0. The van der Waals surface area contributed by atoms with Crippen LogP contribution in [0.2, 0.25) is 0 Å². The molecular formula is C13H24N2O2. The molecule has 98 valence electrons. The van der Waals surface area contributed by atoms with Crippen LogP contribution in [-0.2, 0) is 4.74 Å². The second-order valence-corrected chi connectivity index (χ2v) is 5.54. The van der Waals surface area contributed by atoms with E-state index in [0.717, 1.165) is 25.7 Å². The number of nitrogens with one attached hydrogen (secondary N) is 1. The SMILES string of the molecule is CC(C)(C)OC(=O)N[C@@H]1CCCC/C=C/[C@@H]1N. The fraction of sp³-hybridized carbons (Fsp3) is 0.769. The second-order valence-electron chi connectivity index (χ2n) is 5.54. The molecule has 1 aliphatic carbocycles. The van der Waals surface area contributed by atoms with E-state index in [-0.39, 0.29) is 18.2 Å². The maximum Gasteiger partial charge on any atom is 0.407 e. The number of ether oxygens (including phenoxy) is 1. The van der Waals surface area contributed by atoms with Gasteiger partial charge in [0.1, 0.15) is 5.60 Å². The highest BCUT2D eigenvalue weighted by Gasteiger charge is 2.22. The van der Waals surface area contributed by atoms with E-state index in [1.165, 1.54) is 0 Å². The molecule has 3 N–H and O–H groups in total. The molecule has 1 aliphatic rings. The minimum absolute atomic E-state index is 0.0265. The molecule has 0 heterocycles. The standard InChI is InChI=1S/C13H24N2O2/c1-13(2,3)17-12(16)15-11-9-7-5-4-6-8-10(11)14/h6,8,10-11H,4-5,7,9,14H2,1-3H3,(H,15,16)/b8-6+/t10-,11+/m0/s1. The van der Waals surface area contributed by atoms with E-state index in [1.54, 1.807) is 0 Å². The molecule has 4 heteroatoms. The average Bonchev–Trinajstić information content (AvgIpc) is 2.15. The van der Waals surface area contributed by atoms with Gasteiger partial charge in [0.2, 0.25) is 0 Å². The molecule has 0 saturated heterocycles. The molecule has 0 radical (unpaired) electrons. The van der Waals surface area contributed by atoms with Gasteiger partial charge in [0, 0.05) is 6.04 Å². The molecule has 17 heavy (non-hydrogen) atoms. The van der Waals surface area contributed by atoms with Gasteiger partial charge in [0.05, 0.1) is 6.04 Å². The quantitative estimate of drug-likeness (QED) is 0.691. The Kier molecular flexibility index (Phi) is 5.00. The van der Waals surface area contributed by atoms with Gasteiger partial charge in [-0.3, -0.25) is 0 Å². The Morgan fingerprint density at radius 1 is 1.41 bits per heavy atom. The monoisotopic (exact) mass is 240 g/mol. The van der Waals surface area contributed by atoms with Crippen LogP contribution in [-0.4, -0.2) is 23.8 Å². The zero-order chi connectivity index (χ0) is 12.9. The third-order valence-electron chi connectivity index (χ3n) is 2.66. The third kappa shape index (κ3) is 5.73. The molecule has 0 saturated carbocycles. The lowest BCUT2D eigenvalue weighted by atomic mass is 9.98. The summed E-state index contributed by atoms with van der Waals surface area (Å²) in [6, 6.07) is -0.149. The first-order valence-corrected chi connectivity index (χ1v) is 6.30. The summed E-state index contributed by atoms with van der Waals surface area (Å²) in [5, 5.41) is 2.86. The van der Waals surface area contributed by atoms with Crippen LogP contribution < -0.4 is 11.1 Å². The van der Waals surface area contributed by atoms with Crippen LogP contribution in [0, 0.1) is 0 Å². The normalized spacial score (nSPS) is 27.8. The Bertz CT molecular complexity index is 282. The average molecular weight is 240 g/mol. The van der Waals surface area contributed by atoms with Crippen molar-refractivity contribution in [1.82, 2.24) is 5.32 Å². The first kappa shape index (κ1) is 14.0. The third-order valence-corrected chi connectivity index (χ3v) is 2.66. The van der Waals surface area contributed by atoms with Crippen LogP contribution in [0.25, 0.3) is 0 Å². The number of amides is 1. The zero-order valence-corrected chi connectivity index (χ0v) is 11.0. The van der Waals surface area contributed by atoms with E-state index in [1.807, 2.05) is 26.8 Å². The van der Waals surface area contributed by atoms with Gasteiger partial charge in [-0.25, -0.2) is 4.79 Å². The summed E-state index contributed by atoms with van der Waals surface area (Å²) < 4.78 is 5.23. The molecule has 0 unspecified atom stereocenters. The zero-order valence-electron chi connectivity index (χ0n) is 11.0. The van der Waals surface area contributed by atoms with E-state index >= 15 is 0 Å². The predicted octanol–water partition coefficient (Wildman–Crippen LogP) is 2.34. The van der Waals surface area contributed by atoms with Gasteiger partial charge in [-0.1, -0.05) is 18.6 Å². The first-order valence-electron chi connectivity index (χ1n) is 6.30. The fourth-order valence-corrected chi connectivity index (χ4v) is 1.83. The Balaban J connectivity index is 2.50. The van der Waals surface area contributed by atoms with Gasteiger partial charge in [0.15, 0.2) is 0 Å². The van der Waals surface area contributed by atoms with Crippen molar-refractivity contribution in [1.29, 1.82) is 0 Å². The highest BCUT2D eigenvalue weighted by Crippen LogP contribution is 2.13. The molecule has 4 nitrogen and oxygen atoms in total. The van der Waals surface area contributed by atoms with E-state index in [0.29, 0.717) is 0 Å². The van der Waals surface area contributed by atoms with Gasteiger partial charge in [-0.15, -0.1) is 0 Å². The lowest BCUT2D eigenvalue weighted by Gasteiger charge is -2.26. The molecule has 0 aromatic heterocycles. The lowest BCUT2D eigenvalue weighted by Crippen LogP contribution is -2.48. The molecule has 0 aromatic rings. The van der Waals surface area contributed by atoms with E-state index in [4.69, 9.17) is 10.5 Å². The predicted molar refractivity (Wildman–Crippen MR) is 68.7 cm³/mol. The highest BCUT2D eigenvalue weighted by molar-refractivity contribution is 5.68. The van der Waals surface area contributed by atoms with E-state index in [2.05, 4.69) is 11.4 Å². The number of rotatable bonds is 1. The van der Waals surface area contributed by atoms with Crippen molar-refractivity contribution >= 4 is 6.09 Å². The highest BCUT2D eigenvalue weighted by atomic mass is 16.6. The van der Waals surface area contributed by atoms with Crippen molar-refractivity contribution in [2.45, 2.75) is 64.1 Å². The van der Waals surface area contributed by atoms with Crippen molar-refractivity contribution < 1.29 is 9.53 Å². The van der Waals surface area contributed by atoms with Crippen molar-refractivity contribution in [3.05, 3.63) is 12.2 Å². The Morgan fingerprint density at radius 3 is 2.76 bits per heavy atom. The van der Waals surface area contributed by atoms with Crippen LogP contribution >= 0.6 is 0 Å².